The second-order valence-corrected chi connectivity index (χ2v) is 5.45. The zero-order chi connectivity index (χ0) is 18.4. The largest absolute Gasteiger partial charge is 0.493 e. The first-order valence-corrected chi connectivity index (χ1v) is 7.90. The van der Waals surface area contributed by atoms with Gasteiger partial charge in [0, 0.05) is 5.56 Å². The van der Waals surface area contributed by atoms with E-state index in [1.807, 2.05) is 6.92 Å². The molecule has 0 N–H and O–H groups in total. The van der Waals surface area contributed by atoms with Crippen LogP contribution in [0.4, 0.5) is 13.2 Å². The fourth-order valence-electron chi connectivity index (χ4n) is 2.40. The highest BCUT2D eigenvalue weighted by Gasteiger charge is 2.34. The molecule has 0 radical (unpaired) electrons. The Labute approximate surface area is 144 Å². The lowest BCUT2D eigenvalue weighted by Gasteiger charge is -2.17. The van der Waals surface area contributed by atoms with Crippen molar-refractivity contribution < 1.29 is 27.4 Å². The van der Waals surface area contributed by atoms with Crippen LogP contribution in [0.3, 0.4) is 0 Å². The van der Waals surface area contributed by atoms with Crippen LogP contribution >= 0.6 is 0 Å². The summed E-state index contributed by atoms with van der Waals surface area (Å²) in [4.78, 5) is 11.7. The maximum atomic E-state index is 13.3. The van der Waals surface area contributed by atoms with Crippen LogP contribution in [0.25, 0.3) is 11.1 Å². The molecule has 0 bridgehead atoms. The zero-order valence-electron chi connectivity index (χ0n) is 14.0. The Hall–Kier alpha value is -2.50. The second kappa shape index (κ2) is 8.05. The number of unbranched alkanes of at least 4 members (excludes halogenated alkanes) is 1. The summed E-state index contributed by atoms with van der Waals surface area (Å²) in [5.74, 6) is -0.343. The van der Waals surface area contributed by atoms with Gasteiger partial charge in [-0.2, -0.15) is 13.2 Å². The molecule has 0 aliphatic carbocycles. The number of methoxy groups -OCH3 is 1. The van der Waals surface area contributed by atoms with E-state index in [-0.39, 0.29) is 22.4 Å². The van der Waals surface area contributed by atoms with Gasteiger partial charge in [-0.3, -0.25) is 0 Å². The van der Waals surface area contributed by atoms with Crippen molar-refractivity contribution in [2.24, 2.45) is 0 Å². The highest BCUT2D eigenvalue weighted by atomic mass is 19.4. The van der Waals surface area contributed by atoms with Gasteiger partial charge in [0.2, 0.25) is 0 Å². The molecule has 2 aromatic rings. The van der Waals surface area contributed by atoms with Gasteiger partial charge in [-0.1, -0.05) is 31.5 Å². The highest BCUT2D eigenvalue weighted by molar-refractivity contribution is 5.91. The van der Waals surface area contributed by atoms with Gasteiger partial charge in [0.05, 0.1) is 24.8 Å². The third kappa shape index (κ3) is 4.53. The summed E-state index contributed by atoms with van der Waals surface area (Å²) >= 11 is 0. The number of carbonyl (C=O) groups excluding carboxylic acids is 1. The molecule has 0 spiro atoms. The minimum absolute atomic E-state index is 0.0120. The quantitative estimate of drug-likeness (QED) is 0.520. The minimum Gasteiger partial charge on any atom is -0.493 e. The molecule has 0 unspecified atom stereocenters. The Kier molecular flexibility index (Phi) is 6.07. The first-order valence-electron chi connectivity index (χ1n) is 7.90. The van der Waals surface area contributed by atoms with E-state index >= 15 is 0 Å². The molecule has 0 aromatic heterocycles. The first-order chi connectivity index (χ1) is 11.9. The highest BCUT2D eigenvalue weighted by Crippen LogP contribution is 2.40. The van der Waals surface area contributed by atoms with Crippen molar-refractivity contribution in [1.82, 2.24) is 0 Å². The number of benzene rings is 2. The van der Waals surface area contributed by atoms with Crippen molar-refractivity contribution in [2.45, 2.75) is 25.9 Å². The number of carbonyl (C=O) groups is 1. The van der Waals surface area contributed by atoms with Crippen LogP contribution in [-0.4, -0.2) is 19.7 Å². The van der Waals surface area contributed by atoms with Crippen LogP contribution in [0.5, 0.6) is 5.75 Å². The lowest BCUT2D eigenvalue weighted by atomic mass is 9.97. The minimum atomic E-state index is -4.49. The van der Waals surface area contributed by atoms with Crippen molar-refractivity contribution >= 4 is 5.97 Å². The molecule has 0 aliphatic heterocycles. The molecule has 0 fully saturated rings. The maximum absolute atomic E-state index is 13.3. The number of rotatable bonds is 6. The predicted octanol–water partition coefficient (Wildman–Crippen LogP) is 5.34. The lowest BCUT2D eigenvalue weighted by molar-refractivity contribution is -0.137. The number of alkyl halides is 3. The van der Waals surface area contributed by atoms with Crippen molar-refractivity contribution in [3.05, 3.63) is 53.6 Å². The SMILES string of the molecule is CCCCOc1cc(C(=O)OC)ccc1-c1ccccc1C(F)(F)F. The summed E-state index contributed by atoms with van der Waals surface area (Å²) in [6, 6.07) is 9.60. The average Bonchev–Trinajstić information content (AvgIpc) is 2.60. The third-order valence-electron chi connectivity index (χ3n) is 3.68. The van der Waals surface area contributed by atoms with Crippen LogP contribution < -0.4 is 4.74 Å². The van der Waals surface area contributed by atoms with Crippen LogP contribution in [0.1, 0.15) is 35.7 Å². The Bertz CT molecular complexity index is 739. The van der Waals surface area contributed by atoms with Crippen LogP contribution in [-0.2, 0) is 10.9 Å². The summed E-state index contributed by atoms with van der Waals surface area (Å²) in [6.07, 6.45) is -2.85. The standard InChI is InChI=1S/C19H19F3O3/c1-3-4-11-25-17-12-13(18(23)24-2)9-10-15(17)14-7-5-6-8-16(14)19(20,21)22/h5-10,12H,3-4,11H2,1-2H3. The first kappa shape index (κ1) is 18.8. The molecule has 3 nitrogen and oxygen atoms in total. The summed E-state index contributed by atoms with van der Waals surface area (Å²) in [7, 11) is 1.24. The van der Waals surface area contributed by atoms with Crippen LogP contribution in [0.2, 0.25) is 0 Å². The molecular weight excluding hydrogens is 333 g/mol. The number of ether oxygens (including phenoxy) is 2. The molecule has 2 aromatic carbocycles. The number of hydrogen-bond donors (Lipinski definition) is 0. The van der Waals surface area contributed by atoms with Gasteiger partial charge in [0.15, 0.2) is 0 Å². The van der Waals surface area contributed by atoms with E-state index in [1.165, 1.54) is 43.5 Å². The molecule has 0 heterocycles. The second-order valence-electron chi connectivity index (χ2n) is 5.45. The van der Waals surface area contributed by atoms with Crippen molar-refractivity contribution in [1.29, 1.82) is 0 Å². The molecule has 0 amide bonds. The van der Waals surface area contributed by atoms with Crippen molar-refractivity contribution in [2.75, 3.05) is 13.7 Å². The maximum Gasteiger partial charge on any atom is 0.417 e. The van der Waals surface area contributed by atoms with E-state index in [1.54, 1.807) is 0 Å². The van der Waals surface area contributed by atoms with E-state index in [9.17, 15) is 18.0 Å². The van der Waals surface area contributed by atoms with Crippen molar-refractivity contribution in [3.63, 3.8) is 0 Å². The molecular formula is C19H19F3O3. The summed E-state index contributed by atoms with van der Waals surface area (Å²) in [6.45, 7) is 2.33. The van der Waals surface area contributed by atoms with Gasteiger partial charge in [0.1, 0.15) is 5.75 Å². The molecule has 0 saturated carbocycles. The summed E-state index contributed by atoms with van der Waals surface area (Å²) in [5, 5.41) is 0. The normalized spacial score (nSPS) is 11.2. The Morgan fingerprint density at radius 2 is 1.80 bits per heavy atom. The fraction of sp³-hybridized carbons (Fsp3) is 0.316. The average molecular weight is 352 g/mol. The molecule has 0 saturated heterocycles. The molecule has 134 valence electrons. The molecule has 25 heavy (non-hydrogen) atoms. The monoisotopic (exact) mass is 352 g/mol. The molecule has 6 heteroatoms. The van der Waals surface area contributed by atoms with Gasteiger partial charge < -0.3 is 9.47 Å². The van der Waals surface area contributed by atoms with E-state index < -0.39 is 17.7 Å². The van der Waals surface area contributed by atoms with Gasteiger partial charge in [-0.05, 0) is 36.2 Å². The van der Waals surface area contributed by atoms with Gasteiger partial charge in [-0.15, -0.1) is 0 Å². The van der Waals surface area contributed by atoms with E-state index in [2.05, 4.69) is 4.74 Å². The zero-order valence-corrected chi connectivity index (χ0v) is 14.0. The van der Waals surface area contributed by atoms with Crippen LogP contribution in [0.15, 0.2) is 42.5 Å². The van der Waals surface area contributed by atoms with E-state index in [0.717, 1.165) is 18.9 Å². The van der Waals surface area contributed by atoms with Crippen LogP contribution in [0, 0.1) is 0 Å². The Balaban J connectivity index is 2.55. The Morgan fingerprint density at radius 3 is 2.44 bits per heavy atom. The van der Waals surface area contributed by atoms with Gasteiger partial charge in [0.25, 0.3) is 0 Å². The molecule has 0 atom stereocenters. The fourth-order valence-corrected chi connectivity index (χ4v) is 2.40. The smallest absolute Gasteiger partial charge is 0.417 e. The van der Waals surface area contributed by atoms with E-state index in [4.69, 9.17) is 4.74 Å². The number of halogens is 3. The van der Waals surface area contributed by atoms with Crippen molar-refractivity contribution in [3.8, 4) is 16.9 Å². The van der Waals surface area contributed by atoms with E-state index in [0.29, 0.717) is 6.61 Å². The molecule has 0 aliphatic rings. The lowest BCUT2D eigenvalue weighted by Crippen LogP contribution is -2.08. The topological polar surface area (TPSA) is 35.5 Å². The Morgan fingerprint density at radius 1 is 1.08 bits per heavy atom. The predicted molar refractivity (Wildman–Crippen MR) is 88.6 cm³/mol. The number of esters is 1. The summed E-state index contributed by atoms with van der Waals surface area (Å²) < 4.78 is 50.3. The van der Waals surface area contributed by atoms with Gasteiger partial charge >= 0.3 is 12.1 Å². The number of hydrogen-bond acceptors (Lipinski definition) is 3. The molecule has 2 rings (SSSR count). The third-order valence-corrected chi connectivity index (χ3v) is 3.68. The summed E-state index contributed by atoms with van der Waals surface area (Å²) in [5.41, 5.74) is -0.224. The van der Waals surface area contributed by atoms with Gasteiger partial charge in [-0.25, -0.2) is 4.79 Å².